The van der Waals surface area contributed by atoms with Crippen LogP contribution in [0, 0.1) is 10.1 Å². The Balaban J connectivity index is 2.90. The normalized spacial score (nSPS) is 10.3. The van der Waals surface area contributed by atoms with E-state index < -0.39 is 0 Å². The summed E-state index contributed by atoms with van der Waals surface area (Å²) in [5, 5.41) is 14.2. The van der Waals surface area contributed by atoms with Gasteiger partial charge in [0.25, 0.3) is 0 Å². The van der Waals surface area contributed by atoms with Crippen molar-refractivity contribution < 1.29 is 9.66 Å². The van der Waals surface area contributed by atoms with Gasteiger partial charge in [-0.2, -0.15) is 0 Å². The average Bonchev–Trinajstić information content (AvgIpc) is 2.36. The third kappa shape index (κ3) is 4.19. The predicted molar refractivity (Wildman–Crippen MR) is 74.5 cm³/mol. The number of benzene rings is 1. The van der Waals surface area contributed by atoms with Gasteiger partial charge in [0, 0.05) is 19.4 Å². The molecule has 0 saturated heterocycles. The summed E-state index contributed by atoms with van der Waals surface area (Å²) in [4.78, 5) is 11.5. The number of ether oxygens (including phenoxy) is 1. The topological polar surface area (TPSA) is 64.4 Å². The van der Waals surface area contributed by atoms with Crippen LogP contribution < -0.4 is 5.32 Å². The molecular weight excluding hydrogens is 252 g/mol. The van der Waals surface area contributed by atoms with E-state index in [0.29, 0.717) is 22.9 Å². The maximum absolute atomic E-state index is 11.2. The third-order valence-electron chi connectivity index (χ3n) is 2.29. The Bertz CT molecular complexity index is 399. The Morgan fingerprint density at radius 2 is 2.28 bits per heavy atom. The van der Waals surface area contributed by atoms with Crippen molar-refractivity contribution >= 4 is 23.1 Å². The number of methoxy groups -OCH3 is 1. The summed E-state index contributed by atoms with van der Waals surface area (Å²) in [7, 11) is 1.62. The Hall–Kier alpha value is -1.27. The van der Waals surface area contributed by atoms with Crippen molar-refractivity contribution in [2.45, 2.75) is 18.2 Å². The van der Waals surface area contributed by atoms with Gasteiger partial charge < -0.3 is 10.1 Å². The second-order valence-electron chi connectivity index (χ2n) is 3.68. The number of nitro groups is 1. The second kappa shape index (κ2) is 7.94. The Kier molecular flexibility index (Phi) is 6.53. The Labute approximate surface area is 111 Å². The van der Waals surface area contributed by atoms with Crippen molar-refractivity contribution in [3.8, 4) is 0 Å². The molecule has 0 heterocycles. The monoisotopic (exact) mass is 270 g/mol. The lowest BCUT2D eigenvalue weighted by Gasteiger charge is -2.09. The molecule has 1 aromatic carbocycles. The number of rotatable bonds is 8. The summed E-state index contributed by atoms with van der Waals surface area (Å²) >= 11 is 1.44. The molecule has 1 N–H and O–H groups in total. The molecule has 0 unspecified atom stereocenters. The number of thioether (sulfide) groups is 1. The molecule has 0 aromatic heterocycles. The fourth-order valence-corrected chi connectivity index (χ4v) is 2.43. The van der Waals surface area contributed by atoms with E-state index in [4.69, 9.17) is 4.74 Å². The van der Waals surface area contributed by atoms with Gasteiger partial charge in [0.15, 0.2) is 0 Å². The first kappa shape index (κ1) is 14.8. The molecule has 1 rings (SSSR count). The molecule has 0 aliphatic rings. The highest BCUT2D eigenvalue weighted by Crippen LogP contribution is 2.35. The standard InChI is InChI=1S/C12H18N2O3S/c1-3-7-13-10-5-4-6-11(12(10)14(15)16)18-9-8-17-2/h4-6,13H,3,7-9H2,1-2H3. The number of hydrogen-bond donors (Lipinski definition) is 1. The van der Waals surface area contributed by atoms with Crippen molar-refractivity contribution in [3.63, 3.8) is 0 Å². The van der Waals surface area contributed by atoms with Crippen LogP contribution >= 0.6 is 11.8 Å². The lowest BCUT2D eigenvalue weighted by atomic mass is 10.2. The van der Waals surface area contributed by atoms with Crippen LogP contribution in [0.3, 0.4) is 0 Å². The zero-order valence-electron chi connectivity index (χ0n) is 10.6. The highest BCUT2D eigenvalue weighted by atomic mass is 32.2. The van der Waals surface area contributed by atoms with Crippen molar-refractivity contribution in [3.05, 3.63) is 28.3 Å². The first-order valence-corrected chi connectivity index (χ1v) is 6.82. The van der Waals surface area contributed by atoms with Gasteiger partial charge in [-0.05, 0) is 18.6 Å². The molecule has 0 aliphatic carbocycles. The van der Waals surface area contributed by atoms with Crippen molar-refractivity contribution in [1.82, 2.24) is 0 Å². The number of hydrogen-bond acceptors (Lipinski definition) is 5. The van der Waals surface area contributed by atoms with E-state index in [0.717, 1.165) is 13.0 Å². The molecular formula is C12H18N2O3S. The molecule has 0 saturated carbocycles. The highest BCUT2D eigenvalue weighted by Gasteiger charge is 2.19. The number of para-hydroxylation sites is 1. The van der Waals surface area contributed by atoms with Gasteiger partial charge in [-0.25, -0.2) is 0 Å². The minimum atomic E-state index is -0.326. The molecule has 6 heteroatoms. The quantitative estimate of drug-likeness (QED) is 0.340. The van der Waals surface area contributed by atoms with Gasteiger partial charge in [-0.15, -0.1) is 11.8 Å². The molecule has 100 valence electrons. The molecule has 5 nitrogen and oxygen atoms in total. The van der Waals surface area contributed by atoms with Gasteiger partial charge in [0.2, 0.25) is 0 Å². The van der Waals surface area contributed by atoms with Gasteiger partial charge in [0.05, 0.1) is 16.4 Å². The number of anilines is 1. The summed E-state index contributed by atoms with van der Waals surface area (Å²) in [5.41, 5.74) is 0.747. The first-order chi connectivity index (χ1) is 8.70. The van der Waals surface area contributed by atoms with E-state index in [2.05, 4.69) is 5.32 Å². The maximum atomic E-state index is 11.2. The fourth-order valence-electron chi connectivity index (χ4n) is 1.46. The Morgan fingerprint density at radius 3 is 2.89 bits per heavy atom. The van der Waals surface area contributed by atoms with Crippen LogP contribution in [0.4, 0.5) is 11.4 Å². The first-order valence-electron chi connectivity index (χ1n) is 5.83. The molecule has 1 aromatic rings. The summed E-state index contributed by atoms with van der Waals surface area (Å²) in [6.07, 6.45) is 0.929. The van der Waals surface area contributed by atoms with E-state index in [9.17, 15) is 10.1 Å². The van der Waals surface area contributed by atoms with Crippen molar-refractivity contribution in [2.24, 2.45) is 0 Å². The second-order valence-corrected chi connectivity index (χ2v) is 4.81. The van der Waals surface area contributed by atoms with Gasteiger partial charge in [-0.3, -0.25) is 10.1 Å². The van der Waals surface area contributed by atoms with Crippen LogP contribution in [-0.4, -0.2) is 30.9 Å². The van der Waals surface area contributed by atoms with Crippen LogP contribution in [-0.2, 0) is 4.74 Å². The van der Waals surface area contributed by atoms with Gasteiger partial charge >= 0.3 is 5.69 Å². The molecule has 0 fully saturated rings. The van der Waals surface area contributed by atoms with Crippen LogP contribution in [0.2, 0.25) is 0 Å². The fraction of sp³-hybridized carbons (Fsp3) is 0.500. The van der Waals surface area contributed by atoms with Crippen molar-refractivity contribution in [2.75, 3.05) is 31.3 Å². The van der Waals surface area contributed by atoms with Crippen LogP contribution in [0.25, 0.3) is 0 Å². The molecule has 18 heavy (non-hydrogen) atoms. The van der Waals surface area contributed by atoms with E-state index in [1.807, 2.05) is 13.0 Å². The zero-order valence-corrected chi connectivity index (χ0v) is 11.5. The molecule has 0 radical (unpaired) electrons. The molecule has 0 aliphatic heterocycles. The predicted octanol–water partition coefficient (Wildman–Crippen LogP) is 3.16. The largest absolute Gasteiger partial charge is 0.384 e. The lowest BCUT2D eigenvalue weighted by molar-refractivity contribution is -0.386. The van der Waals surface area contributed by atoms with Crippen LogP contribution in [0.1, 0.15) is 13.3 Å². The van der Waals surface area contributed by atoms with E-state index in [1.54, 1.807) is 19.2 Å². The minimum Gasteiger partial charge on any atom is -0.384 e. The van der Waals surface area contributed by atoms with Gasteiger partial charge in [-0.1, -0.05) is 13.0 Å². The number of nitrogens with zero attached hydrogens (tertiary/aromatic N) is 1. The summed E-state index contributed by atoms with van der Waals surface area (Å²) in [6, 6.07) is 5.35. The van der Waals surface area contributed by atoms with Gasteiger partial charge in [0.1, 0.15) is 5.69 Å². The van der Waals surface area contributed by atoms with Crippen LogP contribution in [0.15, 0.2) is 23.1 Å². The minimum absolute atomic E-state index is 0.159. The molecule has 0 spiro atoms. The van der Waals surface area contributed by atoms with E-state index in [1.165, 1.54) is 11.8 Å². The highest BCUT2D eigenvalue weighted by molar-refractivity contribution is 7.99. The maximum Gasteiger partial charge on any atom is 0.305 e. The molecule has 0 amide bonds. The smallest absolute Gasteiger partial charge is 0.305 e. The zero-order chi connectivity index (χ0) is 13.4. The van der Waals surface area contributed by atoms with Crippen molar-refractivity contribution in [1.29, 1.82) is 0 Å². The van der Waals surface area contributed by atoms with E-state index >= 15 is 0 Å². The molecule has 0 atom stereocenters. The average molecular weight is 270 g/mol. The lowest BCUT2D eigenvalue weighted by Crippen LogP contribution is -2.04. The summed E-state index contributed by atoms with van der Waals surface area (Å²) in [6.45, 7) is 3.33. The molecule has 0 bridgehead atoms. The number of nitro benzene ring substituents is 1. The third-order valence-corrected chi connectivity index (χ3v) is 3.30. The SMILES string of the molecule is CCCNc1cccc(SCCOC)c1[N+](=O)[O-]. The number of nitrogens with one attached hydrogen (secondary N) is 1. The summed E-state index contributed by atoms with van der Waals surface area (Å²) < 4.78 is 4.95. The van der Waals surface area contributed by atoms with Crippen LogP contribution in [0.5, 0.6) is 0 Å². The summed E-state index contributed by atoms with van der Waals surface area (Å²) in [5.74, 6) is 0.703. The van der Waals surface area contributed by atoms with E-state index in [-0.39, 0.29) is 10.6 Å². The Morgan fingerprint density at radius 1 is 1.50 bits per heavy atom.